The minimum Gasteiger partial charge on any atom is -0.307 e. The van der Waals surface area contributed by atoms with Crippen LogP contribution in [0.3, 0.4) is 0 Å². The van der Waals surface area contributed by atoms with E-state index in [4.69, 9.17) is 4.98 Å². The van der Waals surface area contributed by atoms with E-state index in [-0.39, 0.29) is 11.9 Å². The second-order valence-corrected chi connectivity index (χ2v) is 8.49. The van der Waals surface area contributed by atoms with Crippen molar-refractivity contribution in [3.8, 4) is 11.3 Å². The highest BCUT2D eigenvalue weighted by Crippen LogP contribution is 2.31. The molecule has 1 amide bonds. The zero-order valence-electron chi connectivity index (χ0n) is 19.0. The van der Waals surface area contributed by atoms with Crippen molar-refractivity contribution in [3.63, 3.8) is 0 Å². The quantitative estimate of drug-likeness (QED) is 0.469. The molecule has 1 aliphatic heterocycles. The van der Waals surface area contributed by atoms with Gasteiger partial charge in [0.15, 0.2) is 0 Å². The molecule has 1 unspecified atom stereocenters. The van der Waals surface area contributed by atoms with E-state index in [1.54, 1.807) is 6.20 Å². The minimum atomic E-state index is -0.179. The lowest BCUT2D eigenvalue weighted by Crippen LogP contribution is -2.28. The fourth-order valence-electron chi connectivity index (χ4n) is 4.47. The van der Waals surface area contributed by atoms with Crippen molar-refractivity contribution in [1.29, 1.82) is 0 Å². The van der Waals surface area contributed by atoms with E-state index in [1.165, 1.54) is 12.8 Å². The van der Waals surface area contributed by atoms with Gasteiger partial charge in [0.1, 0.15) is 11.6 Å². The van der Waals surface area contributed by atoms with Crippen molar-refractivity contribution in [2.75, 3.05) is 11.9 Å². The first-order valence-corrected chi connectivity index (χ1v) is 11.6. The van der Waals surface area contributed by atoms with E-state index >= 15 is 0 Å². The first-order chi connectivity index (χ1) is 16.1. The number of aryl methyl sites for hydroxylation is 2. The van der Waals surface area contributed by atoms with Crippen LogP contribution in [0.5, 0.6) is 0 Å². The number of carbonyl (C=O) groups is 1. The summed E-state index contributed by atoms with van der Waals surface area (Å²) < 4.78 is 2.16. The highest BCUT2D eigenvalue weighted by atomic mass is 16.1. The zero-order chi connectivity index (χ0) is 22.8. The molecule has 0 spiro atoms. The van der Waals surface area contributed by atoms with E-state index < -0.39 is 0 Å². The maximum atomic E-state index is 12.7. The predicted octanol–water partition coefficient (Wildman–Crippen LogP) is 4.73. The summed E-state index contributed by atoms with van der Waals surface area (Å²) in [6, 6.07) is 11.7. The SMILES string of the molecule is CCc1ccnc(NC(=O)c2ccc(-c3nc(C4CCCCN4)n4ccnc(C)c34)cc2)c1. The zero-order valence-corrected chi connectivity index (χ0v) is 19.0. The van der Waals surface area contributed by atoms with E-state index in [1.807, 2.05) is 55.7 Å². The Morgan fingerprint density at radius 1 is 1.15 bits per heavy atom. The second-order valence-electron chi connectivity index (χ2n) is 8.49. The fraction of sp³-hybridized carbons (Fsp3) is 0.308. The molecule has 168 valence electrons. The van der Waals surface area contributed by atoms with Crippen LogP contribution in [0.1, 0.15) is 59.7 Å². The van der Waals surface area contributed by atoms with Crippen molar-refractivity contribution in [3.05, 3.63) is 77.6 Å². The summed E-state index contributed by atoms with van der Waals surface area (Å²) in [6.45, 7) is 5.10. The Bertz CT molecular complexity index is 1290. The molecule has 33 heavy (non-hydrogen) atoms. The van der Waals surface area contributed by atoms with Gasteiger partial charge in [-0.15, -0.1) is 0 Å². The largest absolute Gasteiger partial charge is 0.307 e. The molecule has 1 fully saturated rings. The number of carbonyl (C=O) groups excluding carboxylic acids is 1. The molecule has 0 bridgehead atoms. The number of imidazole rings is 1. The molecule has 0 aliphatic carbocycles. The number of amides is 1. The fourth-order valence-corrected chi connectivity index (χ4v) is 4.47. The monoisotopic (exact) mass is 440 g/mol. The molecule has 1 aromatic carbocycles. The second kappa shape index (κ2) is 9.11. The predicted molar refractivity (Wildman–Crippen MR) is 129 cm³/mol. The Morgan fingerprint density at radius 2 is 2.00 bits per heavy atom. The molecule has 3 aromatic heterocycles. The van der Waals surface area contributed by atoms with Crippen LogP contribution in [0.15, 0.2) is 55.0 Å². The Morgan fingerprint density at radius 3 is 2.76 bits per heavy atom. The van der Waals surface area contributed by atoms with Gasteiger partial charge in [-0.1, -0.05) is 25.5 Å². The molecule has 7 heteroatoms. The molecular formula is C26H28N6O. The molecule has 7 nitrogen and oxygen atoms in total. The van der Waals surface area contributed by atoms with Gasteiger partial charge in [-0.3, -0.25) is 14.2 Å². The van der Waals surface area contributed by atoms with Gasteiger partial charge in [0.05, 0.1) is 22.9 Å². The first-order valence-electron chi connectivity index (χ1n) is 11.6. The third kappa shape index (κ3) is 4.24. The molecular weight excluding hydrogens is 412 g/mol. The number of anilines is 1. The van der Waals surface area contributed by atoms with Gasteiger partial charge >= 0.3 is 0 Å². The maximum Gasteiger partial charge on any atom is 0.256 e. The topological polar surface area (TPSA) is 84.2 Å². The highest BCUT2D eigenvalue weighted by Gasteiger charge is 2.23. The summed E-state index contributed by atoms with van der Waals surface area (Å²) in [5.74, 6) is 1.41. The van der Waals surface area contributed by atoms with Crippen LogP contribution in [-0.4, -0.2) is 31.8 Å². The lowest BCUT2D eigenvalue weighted by Gasteiger charge is -2.22. The van der Waals surface area contributed by atoms with Crippen LogP contribution in [0.25, 0.3) is 16.8 Å². The molecule has 5 rings (SSSR count). The van der Waals surface area contributed by atoms with Crippen LogP contribution in [-0.2, 0) is 6.42 Å². The Labute approximate surface area is 193 Å². The number of pyridine rings is 1. The van der Waals surface area contributed by atoms with Crippen LogP contribution in [0, 0.1) is 6.92 Å². The molecule has 1 aliphatic rings. The van der Waals surface area contributed by atoms with Gasteiger partial charge in [0.25, 0.3) is 5.91 Å². The summed E-state index contributed by atoms with van der Waals surface area (Å²) in [5, 5.41) is 6.49. The lowest BCUT2D eigenvalue weighted by molar-refractivity contribution is 0.102. The van der Waals surface area contributed by atoms with Crippen molar-refractivity contribution in [2.45, 2.75) is 45.6 Å². The third-order valence-electron chi connectivity index (χ3n) is 6.28. The van der Waals surface area contributed by atoms with Gasteiger partial charge in [0.2, 0.25) is 0 Å². The average molecular weight is 441 g/mol. The molecule has 2 N–H and O–H groups in total. The number of piperidine rings is 1. The van der Waals surface area contributed by atoms with Crippen molar-refractivity contribution in [2.24, 2.45) is 0 Å². The Hall–Kier alpha value is -3.58. The van der Waals surface area contributed by atoms with E-state index in [0.717, 1.165) is 53.2 Å². The summed E-state index contributed by atoms with van der Waals surface area (Å²) >= 11 is 0. The van der Waals surface area contributed by atoms with Gasteiger partial charge < -0.3 is 10.6 Å². The summed E-state index contributed by atoms with van der Waals surface area (Å²) in [6.07, 6.45) is 9.91. The van der Waals surface area contributed by atoms with Gasteiger partial charge in [-0.05, 0) is 62.6 Å². The number of benzene rings is 1. The Kier molecular flexibility index (Phi) is 5.88. The van der Waals surface area contributed by atoms with E-state index in [0.29, 0.717) is 11.4 Å². The van der Waals surface area contributed by atoms with Crippen LogP contribution < -0.4 is 10.6 Å². The number of nitrogens with zero attached hydrogens (tertiary/aromatic N) is 4. The number of rotatable bonds is 5. The summed E-state index contributed by atoms with van der Waals surface area (Å²) in [4.78, 5) is 26.6. The molecule has 0 radical (unpaired) electrons. The molecule has 1 atom stereocenters. The minimum absolute atomic E-state index is 0.179. The van der Waals surface area contributed by atoms with E-state index in [9.17, 15) is 4.79 Å². The number of fused-ring (bicyclic) bond motifs is 1. The molecule has 4 aromatic rings. The summed E-state index contributed by atoms with van der Waals surface area (Å²) in [5.41, 5.74) is 5.52. The van der Waals surface area contributed by atoms with Crippen LogP contribution in [0.4, 0.5) is 5.82 Å². The smallest absolute Gasteiger partial charge is 0.256 e. The standard InChI is InChI=1S/C26H28N6O/c1-3-18-11-13-29-22(16-18)30-26(33)20-9-7-19(8-10-20)23-24-17(2)27-14-15-32(24)25(31-23)21-6-4-5-12-28-21/h7-11,13-16,21,28H,3-6,12H2,1-2H3,(H,29,30,33). The number of aromatic nitrogens is 4. The number of hydrogen-bond donors (Lipinski definition) is 2. The van der Waals surface area contributed by atoms with Gasteiger partial charge in [-0.2, -0.15) is 0 Å². The van der Waals surface area contributed by atoms with E-state index in [2.05, 4.69) is 31.9 Å². The van der Waals surface area contributed by atoms with Crippen LogP contribution in [0.2, 0.25) is 0 Å². The molecule has 0 saturated carbocycles. The van der Waals surface area contributed by atoms with Crippen LogP contribution >= 0.6 is 0 Å². The normalized spacial score (nSPS) is 16.1. The van der Waals surface area contributed by atoms with Crippen molar-refractivity contribution < 1.29 is 4.79 Å². The molecule has 1 saturated heterocycles. The number of hydrogen-bond acceptors (Lipinski definition) is 5. The van der Waals surface area contributed by atoms with Gasteiger partial charge in [0, 0.05) is 29.7 Å². The Balaban J connectivity index is 1.45. The molecule has 4 heterocycles. The maximum absolute atomic E-state index is 12.7. The first kappa shape index (κ1) is 21.3. The van der Waals surface area contributed by atoms with Crippen molar-refractivity contribution >= 4 is 17.2 Å². The average Bonchev–Trinajstić information content (AvgIpc) is 3.26. The number of nitrogens with one attached hydrogen (secondary N) is 2. The lowest BCUT2D eigenvalue weighted by atomic mass is 10.0. The van der Waals surface area contributed by atoms with Gasteiger partial charge in [-0.25, -0.2) is 9.97 Å². The third-order valence-corrected chi connectivity index (χ3v) is 6.28. The summed E-state index contributed by atoms with van der Waals surface area (Å²) in [7, 11) is 0. The van der Waals surface area contributed by atoms with Crippen molar-refractivity contribution in [1.82, 2.24) is 24.7 Å². The highest BCUT2D eigenvalue weighted by molar-refractivity contribution is 6.04.